The highest BCUT2D eigenvalue weighted by molar-refractivity contribution is 6.03. The third-order valence-electron chi connectivity index (χ3n) is 4.67. The van der Waals surface area contributed by atoms with Gasteiger partial charge in [-0.2, -0.15) is 0 Å². The molecule has 1 aliphatic rings. The first-order valence-corrected chi connectivity index (χ1v) is 9.26. The Kier molecular flexibility index (Phi) is 6.35. The van der Waals surface area contributed by atoms with Crippen molar-refractivity contribution in [2.24, 2.45) is 0 Å². The molecule has 7 nitrogen and oxygen atoms in total. The van der Waals surface area contributed by atoms with E-state index in [1.807, 2.05) is 0 Å². The first-order chi connectivity index (χ1) is 13.2. The number of esters is 1. The zero-order chi connectivity index (χ0) is 19.1. The molecule has 2 aromatic rings. The van der Waals surface area contributed by atoms with Crippen LogP contribution in [0.15, 0.2) is 36.4 Å². The number of anilines is 2. The predicted octanol–water partition coefficient (Wildman–Crippen LogP) is 3.65. The molecule has 0 radical (unpaired) electrons. The first-order valence-electron chi connectivity index (χ1n) is 9.26. The molecule has 27 heavy (non-hydrogen) atoms. The van der Waals surface area contributed by atoms with Crippen LogP contribution in [0.25, 0.3) is 0 Å². The minimum absolute atomic E-state index is 0.235. The highest BCUT2D eigenvalue weighted by Gasteiger charge is 2.14. The second-order valence-corrected chi connectivity index (χ2v) is 6.66. The van der Waals surface area contributed by atoms with Gasteiger partial charge in [-0.1, -0.05) is 25.7 Å². The number of ether oxygens (including phenoxy) is 1. The van der Waals surface area contributed by atoms with Gasteiger partial charge in [-0.15, -0.1) is 10.2 Å². The standard InChI is InChI=1S/C20H24N4O3/c1-27-20(26)14-8-10-16(11-9-14)22-19(25)17-12-13-18(24-23-17)21-15-6-4-2-3-5-7-15/h8-13,15H,2-7H2,1H3,(H,21,24)(H,22,25). The molecular formula is C20H24N4O3. The minimum Gasteiger partial charge on any atom is -0.465 e. The molecule has 7 heteroatoms. The number of carbonyl (C=O) groups is 2. The van der Waals surface area contributed by atoms with Crippen molar-refractivity contribution < 1.29 is 14.3 Å². The van der Waals surface area contributed by atoms with E-state index in [9.17, 15) is 9.59 Å². The maximum Gasteiger partial charge on any atom is 0.337 e. The van der Waals surface area contributed by atoms with Crippen LogP contribution in [-0.2, 0) is 4.74 Å². The number of amides is 1. The van der Waals surface area contributed by atoms with E-state index < -0.39 is 5.97 Å². The van der Waals surface area contributed by atoms with E-state index in [0.29, 0.717) is 23.1 Å². The number of hydrogen-bond acceptors (Lipinski definition) is 6. The number of methoxy groups -OCH3 is 1. The maximum atomic E-state index is 12.3. The van der Waals surface area contributed by atoms with E-state index >= 15 is 0 Å². The quantitative estimate of drug-likeness (QED) is 0.618. The fourth-order valence-corrected chi connectivity index (χ4v) is 3.17. The minimum atomic E-state index is -0.421. The second-order valence-electron chi connectivity index (χ2n) is 6.66. The Hall–Kier alpha value is -2.96. The molecule has 1 heterocycles. The van der Waals surface area contributed by atoms with Gasteiger partial charge in [0.2, 0.25) is 0 Å². The number of hydrogen-bond donors (Lipinski definition) is 2. The number of aromatic nitrogens is 2. The smallest absolute Gasteiger partial charge is 0.337 e. The normalized spacial score (nSPS) is 14.9. The van der Waals surface area contributed by atoms with Crippen molar-refractivity contribution in [2.45, 2.75) is 44.6 Å². The molecule has 3 rings (SSSR count). The van der Waals surface area contributed by atoms with Gasteiger partial charge in [0, 0.05) is 11.7 Å². The number of nitrogens with zero attached hydrogens (tertiary/aromatic N) is 2. The number of benzene rings is 1. The summed E-state index contributed by atoms with van der Waals surface area (Å²) in [7, 11) is 1.32. The van der Waals surface area contributed by atoms with Crippen LogP contribution in [0, 0.1) is 0 Å². The topological polar surface area (TPSA) is 93.2 Å². The van der Waals surface area contributed by atoms with Gasteiger partial charge in [-0.3, -0.25) is 4.79 Å². The molecule has 1 saturated carbocycles. The average molecular weight is 368 g/mol. The molecule has 0 spiro atoms. The lowest BCUT2D eigenvalue weighted by Gasteiger charge is -2.16. The zero-order valence-electron chi connectivity index (χ0n) is 15.4. The molecule has 1 fully saturated rings. The first kappa shape index (κ1) is 18.8. The van der Waals surface area contributed by atoms with E-state index in [1.165, 1.54) is 32.8 Å². The van der Waals surface area contributed by atoms with Crippen molar-refractivity contribution in [3.63, 3.8) is 0 Å². The van der Waals surface area contributed by atoms with Crippen LogP contribution >= 0.6 is 0 Å². The summed E-state index contributed by atoms with van der Waals surface area (Å²) in [6, 6.07) is 10.3. The van der Waals surface area contributed by atoms with Crippen LogP contribution in [0.4, 0.5) is 11.5 Å². The average Bonchev–Trinajstić information content (AvgIpc) is 2.97. The molecule has 0 bridgehead atoms. The molecule has 2 N–H and O–H groups in total. The van der Waals surface area contributed by atoms with Gasteiger partial charge >= 0.3 is 5.97 Å². The molecule has 1 aliphatic carbocycles. The summed E-state index contributed by atoms with van der Waals surface area (Å²) >= 11 is 0. The fraction of sp³-hybridized carbons (Fsp3) is 0.400. The van der Waals surface area contributed by atoms with E-state index in [1.54, 1.807) is 36.4 Å². The molecule has 1 aromatic heterocycles. The SMILES string of the molecule is COC(=O)c1ccc(NC(=O)c2ccc(NC3CCCCCC3)nn2)cc1. The number of rotatable bonds is 5. The highest BCUT2D eigenvalue weighted by Crippen LogP contribution is 2.20. The second kappa shape index (κ2) is 9.12. The summed E-state index contributed by atoms with van der Waals surface area (Å²) in [4.78, 5) is 23.7. The summed E-state index contributed by atoms with van der Waals surface area (Å²) in [6.45, 7) is 0. The number of carbonyl (C=O) groups excluding carboxylic acids is 2. The Labute approximate surface area is 158 Å². The van der Waals surface area contributed by atoms with Crippen molar-refractivity contribution in [1.82, 2.24) is 10.2 Å². The lowest BCUT2D eigenvalue weighted by atomic mass is 10.1. The molecule has 1 amide bonds. The monoisotopic (exact) mass is 368 g/mol. The molecule has 0 unspecified atom stereocenters. The zero-order valence-corrected chi connectivity index (χ0v) is 15.4. The summed E-state index contributed by atoms with van der Waals surface area (Å²) < 4.78 is 4.65. The third-order valence-corrected chi connectivity index (χ3v) is 4.67. The maximum absolute atomic E-state index is 12.3. The summed E-state index contributed by atoms with van der Waals surface area (Å²) in [5, 5.41) is 14.3. The molecule has 0 aliphatic heterocycles. The molecule has 142 valence electrons. The predicted molar refractivity (Wildman–Crippen MR) is 103 cm³/mol. The lowest BCUT2D eigenvalue weighted by Crippen LogP contribution is -2.20. The summed E-state index contributed by atoms with van der Waals surface area (Å²) in [5.74, 6) is -0.0780. The van der Waals surface area contributed by atoms with Gasteiger partial charge in [0.05, 0.1) is 12.7 Å². The van der Waals surface area contributed by atoms with Crippen molar-refractivity contribution in [3.05, 3.63) is 47.7 Å². The van der Waals surface area contributed by atoms with Crippen molar-refractivity contribution >= 4 is 23.4 Å². The van der Waals surface area contributed by atoms with Crippen LogP contribution in [0.3, 0.4) is 0 Å². The molecule has 0 atom stereocenters. The Balaban J connectivity index is 1.57. The van der Waals surface area contributed by atoms with Gasteiger partial charge < -0.3 is 15.4 Å². The Morgan fingerprint density at radius 3 is 2.26 bits per heavy atom. The van der Waals surface area contributed by atoms with Gasteiger partial charge in [0.15, 0.2) is 5.69 Å². The molecule has 1 aromatic carbocycles. The molecular weight excluding hydrogens is 344 g/mol. The van der Waals surface area contributed by atoms with Crippen LogP contribution in [0.5, 0.6) is 0 Å². The number of nitrogens with one attached hydrogen (secondary N) is 2. The third kappa shape index (κ3) is 5.26. The summed E-state index contributed by atoms with van der Waals surface area (Å²) in [5.41, 5.74) is 1.22. The Morgan fingerprint density at radius 2 is 1.67 bits per heavy atom. The van der Waals surface area contributed by atoms with Crippen LogP contribution in [0.1, 0.15) is 59.4 Å². The van der Waals surface area contributed by atoms with Crippen LogP contribution in [0.2, 0.25) is 0 Å². The highest BCUT2D eigenvalue weighted by atomic mass is 16.5. The Morgan fingerprint density at radius 1 is 0.963 bits per heavy atom. The van der Waals surface area contributed by atoms with E-state index in [0.717, 1.165) is 12.8 Å². The van der Waals surface area contributed by atoms with Gasteiger partial charge in [-0.05, 0) is 49.2 Å². The van der Waals surface area contributed by atoms with Crippen LogP contribution < -0.4 is 10.6 Å². The van der Waals surface area contributed by atoms with E-state index in [-0.39, 0.29) is 11.6 Å². The van der Waals surface area contributed by atoms with Gasteiger partial charge in [0.1, 0.15) is 5.82 Å². The lowest BCUT2D eigenvalue weighted by molar-refractivity contribution is 0.0600. The van der Waals surface area contributed by atoms with E-state index in [4.69, 9.17) is 0 Å². The van der Waals surface area contributed by atoms with Crippen molar-refractivity contribution in [1.29, 1.82) is 0 Å². The Bertz CT molecular complexity index is 767. The fourth-order valence-electron chi connectivity index (χ4n) is 3.17. The van der Waals surface area contributed by atoms with E-state index in [2.05, 4.69) is 25.6 Å². The largest absolute Gasteiger partial charge is 0.465 e. The van der Waals surface area contributed by atoms with Crippen LogP contribution in [-0.4, -0.2) is 35.2 Å². The van der Waals surface area contributed by atoms with Gasteiger partial charge in [0.25, 0.3) is 5.91 Å². The van der Waals surface area contributed by atoms with Gasteiger partial charge in [-0.25, -0.2) is 4.79 Å². The van der Waals surface area contributed by atoms with Crippen molar-refractivity contribution in [3.8, 4) is 0 Å². The molecule has 0 saturated heterocycles. The summed E-state index contributed by atoms with van der Waals surface area (Å²) in [6.07, 6.45) is 7.35. The van der Waals surface area contributed by atoms with Crippen molar-refractivity contribution in [2.75, 3.05) is 17.7 Å².